The van der Waals surface area contributed by atoms with E-state index in [1.54, 1.807) is 0 Å². The van der Waals surface area contributed by atoms with Crippen LogP contribution in [0.2, 0.25) is 0 Å². The number of benzene rings is 1. The lowest BCUT2D eigenvalue weighted by molar-refractivity contribution is -0.109. The van der Waals surface area contributed by atoms with Crippen LogP contribution in [0.3, 0.4) is 0 Å². The van der Waals surface area contributed by atoms with Gasteiger partial charge >= 0.3 is 0 Å². The third-order valence-electron chi connectivity index (χ3n) is 1.99. The van der Waals surface area contributed by atoms with Crippen LogP contribution >= 0.6 is 0 Å². The average Bonchev–Trinajstić information content (AvgIpc) is 2.27. The van der Waals surface area contributed by atoms with Crippen molar-refractivity contribution in [2.75, 3.05) is 13.1 Å². The fourth-order valence-corrected chi connectivity index (χ4v) is 1.24. The fourth-order valence-electron chi connectivity index (χ4n) is 1.24. The van der Waals surface area contributed by atoms with E-state index in [-0.39, 0.29) is 5.56 Å². The first-order valence-corrected chi connectivity index (χ1v) is 5.05. The van der Waals surface area contributed by atoms with Gasteiger partial charge in [0.2, 0.25) is 6.41 Å². The van der Waals surface area contributed by atoms with Crippen LogP contribution in [0.15, 0.2) is 18.2 Å². The van der Waals surface area contributed by atoms with E-state index >= 15 is 0 Å². The highest BCUT2D eigenvalue weighted by molar-refractivity contribution is 5.94. The molecule has 0 fully saturated rings. The molecule has 2 amide bonds. The zero-order valence-electron chi connectivity index (χ0n) is 9.00. The van der Waals surface area contributed by atoms with Gasteiger partial charge in [0, 0.05) is 24.7 Å². The van der Waals surface area contributed by atoms with Gasteiger partial charge in [-0.1, -0.05) is 0 Å². The molecule has 1 rings (SSSR count). The first-order valence-electron chi connectivity index (χ1n) is 5.05. The molecule has 0 bridgehead atoms. The summed E-state index contributed by atoms with van der Waals surface area (Å²) < 4.78 is 25.6. The van der Waals surface area contributed by atoms with Gasteiger partial charge in [0.05, 0.1) is 0 Å². The number of carbonyl (C=O) groups is 2. The Hall–Kier alpha value is -1.98. The van der Waals surface area contributed by atoms with Gasteiger partial charge in [0.25, 0.3) is 5.91 Å². The highest BCUT2D eigenvalue weighted by atomic mass is 19.1. The molecule has 0 unspecified atom stereocenters. The minimum Gasteiger partial charge on any atom is -0.359 e. The summed E-state index contributed by atoms with van der Waals surface area (Å²) in [5.41, 5.74) is -0.0640. The number of hydrogen-bond acceptors (Lipinski definition) is 2. The van der Waals surface area contributed by atoms with Crippen LogP contribution in [-0.2, 0) is 4.79 Å². The van der Waals surface area contributed by atoms with E-state index in [4.69, 9.17) is 0 Å². The molecule has 2 N–H and O–H groups in total. The van der Waals surface area contributed by atoms with Crippen molar-refractivity contribution in [1.29, 1.82) is 0 Å². The monoisotopic (exact) mass is 242 g/mol. The molecule has 0 aliphatic heterocycles. The Morgan fingerprint density at radius 2 is 1.82 bits per heavy atom. The predicted octanol–water partition coefficient (Wildman–Crippen LogP) is 0.831. The van der Waals surface area contributed by atoms with Crippen molar-refractivity contribution >= 4 is 12.3 Å². The third kappa shape index (κ3) is 4.58. The largest absolute Gasteiger partial charge is 0.359 e. The maximum Gasteiger partial charge on any atom is 0.251 e. The van der Waals surface area contributed by atoms with Crippen molar-refractivity contribution in [3.63, 3.8) is 0 Å². The van der Waals surface area contributed by atoms with Gasteiger partial charge in [-0.05, 0) is 18.6 Å². The molecule has 17 heavy (non-hydrogen) atoms. The Morgan fingerprint density at radius 1 is 1.18 bits per heavy atom. The van der Waals surface area contributed by atoms with Crippen molar-refractivity contribution < 1.29 is 18.4 Å². The predicted molar refractivity (Wildman–Crippen MR) is 57.4 cm³/mol. The van der Waals surface area contributed by atoms with E-state index in [9.17, 15) is 18.4 Å². The molecule has 1 aromatic rings. The van der Waals surface area contributed by atoms with Crippen LogP contribution < -0.4 is 10.6 Å². The number of carbonyl (C=O) groups excluding carboxylic acids is 2. The van der Waals surface area contributed by atoms with Crippen molar-refractivity contribution in [2.24, 2.45) is 0 Å². The van der Waals surface area contributed by atoms with Gasteiger partial charge in [-0.25, -0.2) is 8.78 Å². The highest BCUT2D eigenvalue weighted by Crippen LogP contribution is 2.07. The van der Waals surface area contributed by atoms with Crippen LogP contribution in [0.4, 0.5) is 8.78 Å². The molecule has 0 spiro atoms. The average molecular weight is 242 g/mol. The molecular weight excluding hydrogens is 230 g/mol. The van der Waals surface area contributed by atoms with Crippen LogP contribution in [-0.4, -0.2) is 25.4 Å². The summed E-state index contributed by atoms with van der Waals surface area (Å²) in [5.74, 6) is -2.13. The second-order valence-electron chi connectivity index (χ2n) is 3.34. The van der Waals surface area contributed by atoms with E-state index in [1.807, 2.05) is 0 Å². The number of rotatable bonds is 6. The Kier molecular flexibility index (Phi) is 5.06. The molecule has 6 heteroatoms. The van der Waals surface area contributed by atoms with E-state index in [1.165, 1.54) is 0 Å². The molecule has 0 aromatic heterocycles. The summed E-state index contributed by atoms with van der Waals surface area (Å²) in [6, 6.07) is 2.62. The maximum atomic E-state index is 12.8. The highest BCUT2D eigenvalue weighted by Gasteiger charge is 2.08. The smallest absolute Gasteiger partial charge is 0.251 e. The number of hydrogen-bond donors (Lipinski definition) is 2. The summed E-state index contributed by atoms with van der Waals surface area (Å²) in [6.45, 7) is 0.749. The van der Waals surface area contributed by atoms with Crippen molar-refractivity contribution in [1.82, 2.24) is 10.6 Å². The Bertz CT molecular complexity index is 390. The van der Waals surface area contributed by atoms with Crippen molar-refractivity contribution in [3.05, 3.63) is 35.4 Å². The van der Waals surface area contributed by atoms with E-state index < -0.39 is 17.5 Å². The van der Waals surface area contributed by atoms with Crippen LogP contribution in [0, 0.1) is 11.6 Å². The molecule has 0 aliphatic carbocycles. The van der Waals surface area contributed by atoms with Crippen LogP contribution in [0.1, 0.15) is 16.8 Å². The molecule has 0 saturated carbocycles. The Balaban J connectivity index is 2.44. The summed E-state index contributed by atoms with van der Waals surface area (Å²) in [5, 5.41) is 4.91. The lowest BCUT2D eigenvalue weighted by Gasteiger charge is -2.05. The summed E-state index contributed by atoms with van der Waals surface area (Å²) in [4.78, 5) is 21.4. The quantitative estimate of drug-likeness (QED) is 0.573. The van der Waals surface area contributed by atoms with Gasteiger partial charge in [0.15, 0.2) is 0 Å². The summed E-state index contributed by atoms with van der Waals surface area (Å²) in [6.07, 6.45) is 1.10. The number of nitrogens with one attached hydrogen (secondary N) is 2. The van der Waals surface area contributed by atoms with E-state index in [0.29, 0.717) is 32.0 Å². The van der Waals surface area contributed by atoms with Crippen molar-refractivity contribution in [2.45, 2.75) is 6.42 Å². The summed E-state index contributed by atoms with van der Waals surface area (Å²) in [7, 11) is 0. The molecular formula is C11H12F2N2O2. The van der Waals surface area contributed by atoms with Crippen LogP contribution in [0.25, 0.3) is 0 Å². The first-order chi connectivity index (χ1) is 8.13. The second-order valence-corrected chi connectivity index (χ2v) is 3.34. The number of halogens is 2. The first kappa shape index (κ1) is 13.1. The Morgan fingerprint density at radius 3 is 2.41 bits per heavy atom. The third-order valence-corrected chi connectivity index (χ3v) is 1.99. The van der Waals surface area contributed by atoms with Gasteiger partial charge in [-0.15, -0.1) is 0 Å². The molecule has 4 nitrogen and oxygen atoms in total. The SMILES string of the molecule is O=CNCCCNC(=O)c1cc(F)cc(F)c1. The maximum absolute atomic E-state index is 12.8. The minimum absolute atomic E-state index is 0.0640. The van der Waals surface area contributed by atoms with Gasteiger partial charge in [-0.2, -0.15) is 0 Å². The lowest BCUT2D eigenvalue weighted by Crippen LogP contribution is -2.27. The fraction of sp³-hybridized carbons (Fsp3) is 0.273. The molecule has 0 atom stereocenters. The van der Waals surface area contributed by atoms with Crippen LogP contribution in [0.5, 0.6) is 0 Å². The standard InChI is InChI=1S/C11H12F2N2O2/c12-9-4-8(5-10(13)6-9)11(17)15-3-1-2-14-7-16/h4-7H,1-3H2,(H,14,16)(H,15,17). The normalized spacial score (nSPS) is 9.76. The van der Waals surface area contributed by atoms with Crippen molar-refractivity contribution in [3.8, 4) is 0 Å². The topological polar surface area (TPSA) is 58.2 Å². The minimum atomic E-state index is -0.794. The zero-order chi connectivity index (χ0) is 12.7. The molecule has 92 valence electrons. The molecule has 0 heterocycles. The van der Waals surface area contributed by atoms with Gasteiger partial charge in [-0.3, -0.25) is 9.59 Å². The van der Waals surface area contributed by atoms with E-state index in [2.05, 4.69) is 10.6 Å². The molecule has 0 radical (unpaired) electrons. The molecule has 0 saturated heterocycles. The lowest BCUT2D eigenvalue weighted by atomic mass is 10.2. The summed E-state index contributed by atoms with van der Waals surface area (Å²) >= 11 is 0. The van der Waals surface area contributed by atoms with Gasteiger partial charge in [0.1, 0.15) is 11.6 Å². The van der Waals surface area contributed by atoms with Gasteiger partial charge < -0.3 is 10.6 Å². The molecule has 1 aromatic carbocycles. The molecule has 0 aliphatic rings. The Labute approximate surface area is 97.0 Å². The van der Waals surface area contributed by atoms with E-state index in [0.717, 1.165) is 12.1 Å². The second kappa shape index (κ2) is 6.57. The zero-order valence-corrected chi connectivity index (χ0v) is 9.00. The number of amides is 2.